The number of carbonyl (C=O) groups excluding carboxylic acids is 1. The summed E-state index contributed by atoms with van der Waals surface area (Å²) < 4.78 is 1.86. The molecule has 0 unspecified atom stereocenters. The van der Waals surface area contributed by atoms with Gasteiger partial charge in [0.25, 0.3) is 5.91 Å². The van der Waals surface area contributed by atoms with Gasteiger partial charge in [0.15, 0.2) is 0 Å². The smallest absolute Gasteiger partial charge is 0.257 e. The number of aryl methyl sites for hydroxylation is 2. The second kappa shape index (κ2) is 7.64. The fourth-order valence-corrected chi connectivity index (χ4v) is 4.15. The van der Waals surface area contributed by atoms with Crippen molar-refractivity contribution in [1.82, 2.24) is 14.7 Å². The van der Waals surface area contributed by atoms with Crippen LogP contribution in [0.1, 0.15) is 37.7 Å². The van der Waals surface area contributed by atoms with Crippen molar-refractivity contribution in [3.8, 4) is 0 Å². The molecule has 0 fully saturated rings. The van der Waals surface area contributed by atoms with Gasteiger partial charge in [0, 0.05) is 22.6 Å². The largest absolute Gasteiger partial charge is 0.336 e. The van der Waals surface area contributed by atoms with Crippen LogP contribution in [-0.4, -0.2) is 27.6 Å². The Labute approximate surface area is 163 Å². The van der Waals surface area contributed by atoms with Gasteiger partial charge in [0.1, 0.15) is 0 Å². The van der Waals surface area contributed by atoms with Crippen LogP contribution in [0.5, 0.6) is 0 Å². The summed E-state index contributed by atoms with van der Waals surface area (Å²) in [7, 11) is 1.84. The van der Waals surface area contributed by atoms with Crippen molar-refractivity contribution in [2.75, 3.05) is 7.05 Å². The van der Waals surface area contributed by atoms with E-state index < -0.39 is 0 Å². The Balaban J connectivity index is 1.84. The van der Waals surface area contributed by atoms with Gasteiger partial charge in [-0.3, -0.25) is 9.48 Å². The van der Waals surface area contributed by atoms with Gasteiger partial charge < -0.3 is 4.90 Å². The van der Waals surface area contributed by atoms with E-state index in [-0.39, 0.29) is 5.91 Å². The lowest BCUT2D eigenvalue weighted by molar-refractivity contribution is 0.0784. The maximum Gasteiger partial charge on any atom is 0.257 e. The second-order valence-corrected chi connectivity index (χ2v) is 7.89. The lowest BCUT2D eigenvalue weighted by atomic mass is 10.1. The molecule has 0 atom stereocenters. The maximum absolute atomic E-state index is 13.0. The third kappa shape index (κ3) is 3.69. The van der Waals surface area contributed by atoms with Gasteiger partial charge >= 0.3 is 0 Å². The summed E-state index contributed by atoms with van der Waals surface area (Å²) in [6.45, 7) is 7.05. The van der Waals surface area contributed by atoms with Crippen molar-refractivity contribution in [2.45, 2.75) is 33.9 Å². The fourth-order valence-electron chi connectivity index (χ4n) is 2.99. The third-order valence-electron chi connectivity index (χ3n) is 4.57. The molecule has 0 saturated carbocycles. The predicted molar refractivity (Wildman–Crippen MR) is 107 cm³/mol. The number of benzene rings is 1. The topological polar surface area (TPSA) is 38.1 Å². The van der Waals surface area contributed by atoms with Crippen LogP contribution in [0.3, 0.4) is 0 Å². The number of aromatic nitrogens is 2. The molecule has 3 rings (SSSR count). The van der Waals surface area contributed by atoms with Crippen molar-refractivity contribution in [3.63, 3.8) is 0 Å². The summed E-state index contributed by atoms with van der Waals surface area (Å²) in [5.74, 6) is -0.00166. The molecular formula is C20H22ClN3OS. The zero-order valence-electron chi connectivity index (χ0n) is 15.4. The minimum absolute atomic E-state index is 0.00166. The zero-order valence-corrected chi connectivity index (χ0v) is 17.0. The molecule has 1 amide bonds. The molecule has 2 heterocycles. The van der Waals surface area contributed by atoms with Crippen LogP contribution in [0.4, 0.5) is 0 Å². The zero-order chi connectivity index (χ0) is 18.8. The molecule has 0 spiro atoms. The average molecular weight is 388 g/mol. The molecule has 0 aliphatic carbocycles. The van der Waals surface area contributed by atoms with Crippen LogP contribution in [0, 0.1) is 20.8 Å². The van der Waals surface area contributed by atoms with Crippen molar-refractivity contribution in [2.24, 2.45) is 0 Å². The van der Waals surface area contributed by atoms with E-state index in [2.05, 4.69) is 23.5 Å². The first-order valence-electron chi connectivity index (χ1n) is 8.44. The van der Waals surface area contributed by atoms with Crippen LogP contribution >= 0.6 is 22.9 Å². The monoisotopic (exact) mass is 387 g/mol. The molecule has 6 heteroatoms. The minimum atomic E-state index is -0.00166. The Kier molecular flexibility index (Phi) is 5.49. The summed E-state index contributed by atoms with van der Waals surface area (Å²) in [5, 5.41) is 7.34. The molecule has 26 heavy (non-hydrogen) atoms. The van der Waals surface area contributed by atoms with Gasteiger partial charge in [-0.15, -0.1) is 11.3 Å². The van der Waals surface area contributed by atoms with Crippen molar-refractivity contribution >= 4 is 28.8 Å². The van der Waals surface area contributed by atoms with E-state index in [1.54, 1.807) is 16.2 Å². The van der Waals surface area contributed by atoms with Gasteiger partial charge in [0.05, 0.1) is 24.3 Å². The van der Waals surface area contributed by atoms with E-state index in [9.17, 15) is 4.79 Å². The molecule has 0 radical (unpaired) electrons. The normalized spacial score (nSPS) is 11.0. The summed E-state index contributed by atoms with van der Waals surface area (Å²) >= 11 is 7.94. The van der Waals surface area contributed by atoms with Crippen LogP contribution in [0.15, 0.2) is 35.7 Å². The Morgan fingerprint density at radius 2 is 1.96 bits per heavy atom. The molecule has 0 aliphatic heterocycles. The molecular weight excluding hydrogens is 366 g/mol. The average Bonchev–Trinajstić information content (AvgIpc) is 3.12. The highest BCUT2D eigenvalue weighted by molar-refractivity contribution is 7.10. The second-order valence-electron chi connectivity index (χ2n) is 6.48. The Hall–Kier alpha value is -2.11. The number of hydrogen-bond acceptors (Lipinski definition) is 3. The van der Waals surface area contributed by atoms with Gasteiger partial charge in [-0.05, 0) is 49.4 Å². The highest BCUT2D eigenvalue weighted by Crippen LogP contribution is 2.22. The maximum atomic E-state index is 13.0. The molecule has 0 bridgehead atoms. The van der Waals surface area contributed by atoms with Gasteiger partial charge in [0.2, 0.25) is 0 Å². The van der Waals surface area contributed by atoms with E-state index in [1.807, 2.05) is 49.8 Å². The molecule has 2 aromatic heterocycles. The molecule has 1 aromatic carbocycles. The van der Waals surface area contributed by atoms with E-state index in [0.29, 0.717) is 23.7 Å². The predicted octanol–water partition coefficient (Wildman–Crippen LogP) is 4.84. The number of nitrogens with zero attached hydrogens (tertiary/aromatic N) is 3. The van der Waals surface area contributed by atoms with Crippen molar-refractivity contribution < 1.29 is 4.79 Å². The number of hydrogen-bond donors (Lipinski definition) is 0. The van der Waals surface area contributed by atoms with Crippen LogP contribution < -0.4 is 0 Å². The standard InChI is InChI=1S/C20H22ClN3OS/c1-13-9-10-26-18(13)12-23(4)20(25)19-14(2)22-24(15(19)3)11-16-7-5-6-8-17(16)21/h5-10H,11-12H2,1-4H3. The molecule has 3 aromatic rings. The van der Waals surface area contributed by atoms with E-state index in [4.69, 9.17) is 11.6 Å². The number of carbonyl (C=O) groups is 1. The van der Waals surface area contributed by atoms with E-state index in [0.717, 1.165) is 17.0 Å². The lowest BCUT2D eigenvalue weighted by Crippen LogP contribution is -2.27. The summed E-state index contributed by atoms with van der Waals surface area (Å²) in [6, 6.07) is 9.79. The minimum Gasteiger partial charge on any atom is -0.336 e. The summed E-state index contributed by atoms with van der Waals surface area (Å²) in [6.07, 6.45) is 0. The van der Waals surface area contributed by atoms with Crippen LogP contribution in [-0.2, 0) is 13.1 Å². The first-order chi connectivity index (χ1) is 12.4. The van der Waals surface area contributed by atoms with Crippen LogP contribution in [0.25, 0.3) is 0 Å². The highest BCUT2D eigenvalue weighted by Gasteiger charge is 2.22. The lowest BCUT2D eigenvalue weighted by Gasteiger charge is -2.17. The van der Waals surface area contributed by atoms with Gasteiger partial charge in [-0.2, -0.15) is 5.10 Å². The number of halogens is 1. The van der Waals surface area contributed by atoms with E-state index in [1.165, 1.54) is 10.4 Å². The Bertz CT molecular complexity index is 944. The molecule has 0 N–H and O–H groups in total. The molecule has 0 aliphatic rings. The number of amides is 1. The summed E-state index contributed by atoms with van der Waals surface area (Å²) in [5.41, 5.74) is 4.49. The fraction of sp³-hybridized carbons (Fsp3) is 0.300. The Morgan fingerprint density at radius 1 is 1.23 bits per heavy atom. The van der Waals surface area contributed by atoms with Crippen molar-refractivity contribution in [3.05, 3.63) is 73.7 Å². The summed E-state index contributed by atoms with van der Waals surface area (Å²) in [4.78, 5) is 16.0. The highest BCUT2D eigenvalue weighted by atomic mass is 35.5. The van der Waals surface area contributed by atoms with E-state index >= 15 is 0 Å². The number of thiophene rings is 1. The molecule has 0 saturated heterocycles. The third-order valence-corrected chi connectivity index (χ3v) is 5.95. The quantitative estimate of drug-likeness (QED) is 0.628. The Morgan fingerprint density at radius 3 is 2.62 bits per heavy atom. The number of rotatable bonds is 5. The van der Waals surface area contributed by atoms with Crippen LogP contribution in [0.2, 0.25) is 5.02 Å². The SMILES string of the molecule is Cc1ccsc1CN(C)C(=O)c1c(C)nn(Cc2ccccc2Cl)c1C. The molecule has 4 nitrogen and oxygen atoms in total. The first kappa shape index (κ1) is 18.7. The van der Waals surface area contributed by atoms with Gasteiger partial charge in [-0.25, -0.2) is 0 Å². The van der Waals surface area contributed by atoms with Gasteiger partial charge in [-0.1, -0.05) is 29.8 Å². The molecule has 136 valence electrons. The first-order valence-corrected chi connectivity index (χ1v) is 9.70. The van der Waals surface area contributed by atoms with Crippen molar-refractivity contribution in [1.29, 1.82) is 0 Å².